The van der Waals surface area contributed by atoms with Crippen LogP contribution in [0, 0.1) is 0 Å². The van der Waals surface area contributed by atoms with E-state index in [0.717, 1.165) is 0 Å². The first kappa shape index (κ1) is 16.5. The van der Waals surface area contributed by atoms with E-state index < -0.39 is 18.1 Å². The van der Waals surface area contributed by atoms with Crippen molar-refractivity contribution in [2.24, 2.45) is 0 Å². The summed E-state index contributed by atoms with van der Waals surface area (Å²) in [6.45, 7) is 0. The van der Waals surface area contributed by atoms with Gasteiger partial charge in [-0.1, -0.05) is 0 Å². The predicted molar refractivity (Wildman–Crippen MR) is 26.0 cm³/mol. The molecule has 0 spiro atoms. The molecule has 0 aliphatic carbocycles. The SMILES string of the molecule is [BaH2].[OH][Ti]([OH])([OH])[OH].[SnH2]. The summed E-state index contributed by atoms with van der Waals surface area (Å²) in [5.74, 6) is 0. The molecule has 42 valence electrons. The van der Waals surface area contributed by atoms with Crippen molar-refractivity contribution in [3.05, 3.63) is 0 Å². The molecule has 0 unspecified atom stereocenters. The second kappa shape index (κ2) is 7.04. The second-order valence-electron chi connectivity index (χ2n) is 0.600. The van der Waals surface area contributed by atoms with Crippen LogP contribution in [0.15, 0.2) is 0 Å². The van der Waals surface area contributed by atoms with Gasteiger partial charge in [0.2, 0.25) is 0 Å². The molecule has 0 atom stereocenters. The minimum absolute atomic E-state index is 0. The van der Waals surface area contributed by atoms with Crippen LogP contribution < -0.4 is 0 Å². The Kier molecular flexibility index (Phi) is 16.6. The molecule has 0 rings (SSSR count). The van der Waals surface area contributed by atoms with E-state index in [1.165, 1.54) is 0 Å². The molecule has 0 amide bonds. The first-order valence-corrected chi connectivity index (χ1v) is 3.69. The summed E-state index contributed by atoms with van der Waals surface area (Å²) in [7, 11) is 0. The van der Waals surface area contributed by atoms with Gasteiger partial charge in [0.15, 0.2) is 0 Å². The molecule has 4 N–H and O–H groups in total. The standard InChI is InChI=1S/Ba.4H2O.Sn.Ti.4H/h;4*1H2;;;;;;/q;;;;;;+4;;;;/p-4. The fraction of sp³-hybridized carbons (Fsp3) is 0. The Bertz CT molecular complexity index is 27.2. The van der Waals surface area contributed by atoms with E-state index in [9.17, 15) is 0 Å². The van der Waals surface area contributed by atoms with Gasteiger partial charge in [-0.05, 0) is 0 Å². The van der Waals surface area contributed by atoms with Crippen LogP contribution in [0.4, 0.5) is 0 Å². The summed E-state index contributed by atoms with van der Waals surface area (Å²) in [5.41, 5.74) is 0. The Hall–Kier alpha value is 2.92. The monoisotopic (exact) mass is 378 g/mol. The molecule has 7 heteroatoms. The van der Waals surface area contributed by atoms with Crippen molar-refractivity contribution < 1.29 is 32.9 Å². The number of hydrogen-bond acceptors (Lipinski definition) is 4. The van der Waals surface area contributed by atoms with Gasteiger partial charge in [-0.25, -0.2) is 0 Å². The molecule has 0 fully saturated rings. The zero-order valence-corrected chi connectivity index (χ0v) is 8.59. The van der Waals surface area contributed by atoms with E-state index in [0.29, 0.717) is 0 Å². The van der Waals surface area contributed by atoms with Gasteiger partial charge >= 0.3 is 106 Å². The molecule has 0 heterocycles. The molecule has 0 aromatic heterocycles. The van der Waals surface area contributed by atoms with Crippen LogP contribution in [0.5, 0.6) is 0 Å². The first-order chi connectivity index (χ1) is 2.00. The van der Waals surface area contributed by atoms with E-state index in [4.69, 9.17) is 14.8 Å². The third-order valence-corrected chi connectivity index (χ3v) is 0. The molecule has 0 saturated heterocycles. The first-order valence-electron chi connectivity index (χ1n) is 0.894. The maximum absolute atomic E-state index is 7.38. The van der Waals surface area contributed by atoms with E-state index in [1.807, 2.05) is 0 Å². The van der Waals surface area contributed by atoms with Crippen molar-refractivity contribution in [1.82, 2.24) is 0 Å². The summed E-state index contributed by atoms with van der Waals surface area (Å²) in [6, 6.07) is 0. The molecule has 0 aliphatic rings. The van der Waals surface area contributed by atoms with Crippen molar-refractivity contribution >= 4 is 72.8 Å². The van der Waals surface area contributed by atoms with Crippen molar-refractivity contribution in [3.63, 3.8) is 0 Å². The maximum atomic E-state index is 7.38. The molecule has 0 aromatic carbocycles. The van der Waals surface area contributed by atoms with Gasteiger partial charge in [0.25, 0.3) is 0 Å². The van der Waals surface area contributed by atoms with Crippen LogP contribution in [0.1, 0.15) is 0 Å². The molecular weight excluding hydrogens is 368 g/mol. The van der Waals surface area contributed by atoms with Crippen LogP contribution in [0.3, 0.4) is 0 Å². The van der Waals surface area contributed by atoms with Gasteiger partial charge < -0.3 is 0 Å². The number of rotatable bonds is 0. The van der Waals surface area contributed by atoms with Crippen LogP contribution >= 0.6 is 0 Å². The topological polar surface area (TPSA) is 80.9 Å². The van der Waals surface area contributed by atoms with Gasteiger partial charge in [-0.3, -0.25) is 0 Å². The fourth-order valence-corrected chi connectivity index (χ4v) is 0. The summed E-state index contributed by atoms with van der Waals surface area (Å²) in [4.78, 5) is 0. The fourth-order valence-electron chi connectivity index (χ4n) is 0. The zero-order valence-electron chi connectivity index (χ0n) is 3.00. The zero-order chi connectivity index (χ0) is 4.50. The van der Waals surface area contributed by atoms with Crippen LogP contribution in [0.25, 0.3) is 0 Å². The molecule has 0 saturated carbocycles. The number of hydrogen-bond donors (Lipinski definition) is 4. The van der Waals surface area contributed by atoms with Gasteiger partial charge in [0.1, 0.15) is 0 Å². The van der Waals surface area contributed by atoms with Crippen LogP contribution in [0.2, 0.25) is 0 Å². The third-order valence-electron chi connectivity index (χ3n) is 0. The van der Waals surface area contributed by atoms with E-state index >= 15 is 0 Å². The summed E-state index contributed by atoms with van der Waals surface area (Å²) in [6.07, 6.45) is 0. The molecule has 7 heavy (non-hydrogen) atoms. The van der Waals surface area contributed by atoms with Gasteiger partial charge in [0, 0.05) is 0 Å². The minimum atomic E-state index is -5.00. The average Bonchev–Trinajstić information content (AvgIpc) is 0.722. The van der Waals surface area contributed by atoms with Crippen LogP contribution in [-0.4, -0.2) is 87.5 Å². The van der Waals surface area contributed by atoms with E-state index in [2.05, 4.69) is 0 Å². The molecular formula is H8BaO4SnTi. The second-order valence-corrected chi connectivity index (χ2v) is 2.47. The van der Waals surface area contributed by atoms with Crippen LogP contribution in [-0.2, 0) is 18.1 Å². The molecule has 0 aromatic rings. The van der Waals surface area contributed by atoms with Gasteiger partial charge in [0.05, 0.1) is 0 Å². The normalized spacial score (nSPS) is 8.57. The summed E-state index contributed by atoms with van der Waals surface area (Å²) < 4.78 is 29.5. The van der Waals surface area contributed by atoms with Crippen molar-refractivity contribution in [3.8, 4) is 0 Å². The summed E-state index contributed by atoms with van der Waals surface area (Å²) in [5, 5.41) is 0. The Morgan fingerprint density at radius 1 is 0.857 bits per heavy atom. The van der Waals surface area contributed by atoms with Crippen molar-refractivity contribution in [2.75, 3.05) is 0 Å². The predicted octanol–water partition coefficient (Wildman–Crippen LogP) is -4.06. The van der Waals surface area contributed by atoms with E-state index in [-0.39, 0.29) is 72.8 Å². The Labute approximate surface area is 103 Å². The Balaban J connectivity index is -0.0000000800. The van der Waals surface area contributed by atoms with Crippen molar-refractivity contribution in [1.29, 1.82) is 0 Å². The molecule has 0 aliphatic heterocycles. The molecule has 0 bridgehead atoms. The quantitative estimate of drug-likeness (QED) is 0.325. The van der Waals surface area contributed by atoms with Crippen molar-refractivity contribution in [2.45, 2.75) is 0 Å². The van der Waals surface area contributed by atoms with Gasteiger partial charge in [-0.15, -0.1) is 0 Å². The van der Waals surface area contributed by atoms with E-state index in [1.54, 1.807) is 0 Å². The Morgan fingerprint density at radius 2 is 0.857 bits per heavy atom. The van der Waals surface area contributed by atoms with Gasteiger partial charge in [-0.2, -0.15) is 0 Å². The molecule has 4 nitrogen and oxygen atoms in total. The third kappa shape index (κ3) is 50.0. The molecule has 2 radical (unpaired) electrons. The summed E-state index contributed by atoms with van der Waals surface area (Å²) >= 11 is -5.00. The Morgan fingerprint density at radius 3 is 0.857 bits per heavy atom. The average molecular weight is 376 g/mol.